The Morgan fingerprint density at radius 3 is 2.83 bits per heavy atom. The average Bonchev–Trinajstić information content (AvgIpc) is 2.59. The summed E-state index contributed by atoms with van der Waals surface area (Å²) in [7, 11) is 3.75. The van der Waals surface area contributed by atoms with Crippen molar-refractivity contribution < 1.29 is 4.74 Å². The van der Waals surface area contributed by atoms with Crippen LogP contribution in [0, 0.1) is 11.3 Å². The molecule has 1 heterocycles. The minimum absolute atomic E-state index is 0.392. The molecule has 0 atom stereocenters. The van der Waals surface area contributed by atoms with Gasteiger partial charge in [-0.2, -0.15) is 5.26 Å². The van der Waals surface area contributed by atoms with Crippen LogP contribution in [0.2, 0.25) is 0 Å². The number of aromatic nitrogens is 1. The maximum absolute atomic E-state index is 9.25. The third-order valence-electron chi connectivity index (χ3n) is 3.00. The van der Waals surface area contributed by atoms with Crippen LogP contribution >= 0.6 is 27.7 Å². The summed E-state index contributed by atoms with van der Waals surface area (Å²) in [4.78, 5) is 11.4. The maximum Gasteiger partial charge on any atom is 0.136 e. The molecule has 0 aliphatic carbocycles. The fourth-order valence-corrected chi connectivity index (χ4v) is 2.74. The van der Waals surface area contributed by atoms with Crippen molar-refractivity contribution in [3.8, 4) is 11.8 Å². The Balaban J connectivity index is 2.23. The first-order valence-electron chi connectivity index (χ1n) is 7.08. The third kappa shape index (κ3) is 4.98. The fourth-order valence-electron chi connectivity index (χ4n) is 1.84. The summed E-state index contributed by atoms with van der Waals surface area (Å²) in [6.45, 7) is 0.392. The summed E-state index contributed by atoms with van der Waals surface area (Å²) in [5.74, 6) is 0.634. The van der Waals surface area contributed by atoms with E-state index in [-0.39, 0.29) is 0 Å². The number of pyridine rings is 1. The van der Waals surface area contributed by atoms with E-state index in [1.54, 1.807) is 36.4 Å². The molecule has 24 heavy (non-hydrogen) atoms. The van der Waals surface area contributed by atoms with Crippen molar-refractivity contribution in [2.45, 2.75) is 11.5 Å². The minimum Gasteiger partial charge on any atom is -0.488 e. The van der Waals surface area contributed by atoms with Crippen molar-refractivity contribution in [3.05, 3.63) is 46.2 Å². The van der Waals surface area contributed by atoms with Gasteiger partial charge in [0.1, 0.15) is 18.4 Å². The maximum atomic E-state index is 9.25. The molecular weight excluding hydrogens is 388 g/mol. The van der Waals surface area contributed by atoms with Crippen LogP contribution in [0.3, 0.4) is 0 Å². The lowest BCUT2D eigenvalue weighted by atomic mass is 10.2. The van der Waals surface area contributed by atoms with Crippen LogP contribution in [0.5, 0.6) is 5.75 Å². The number of thioether (sulfide) groups is 1. The SMILES string of the molecule is CSc1cncc(COc2cc(/N=C/N(C)C)c(C#N)cc2Br)c1. The van der Waals surface area contributed by atoms with E-state index in [0.29, 0.717) is 23.6 Å². The standard InChI is InChI=1S/C17H17BrN4OS/c1-22(2)11-21-16-6-17(15(18)5-13(16)7-19)23-10-12-4-14(24-3)9-20-8-12/h4-6,8-9,11H,10H2,1-3H3/b21-11+. The van der Waals surface area contributed by atoms with Crippen molar-refractivity contribution in [2.24, 2.45) is 4.99 Å². The summed E-state index contributed by atoms with van der Waals surface area (Å²) in [5, 5.41) is 9.25. The lowest BCUT2D eigenvalue weighted by Gasteiger charge is -2.11. The molecule has 0 bridgehead atoms. The molecule has 2 rings (SSSR count). The molecule has 0 fully saturated rings. The first-order valence-corrected chi connectivity index (χ1v) is 9.10. The van der Waals surface area contributed by atoms with Gasteiger partial charge in [0.25, 0.3) is 0 Å². The molecule has 1 aromatic heterocycles. The monoisotopic (exact) mass is 404 g/mol. The molecule has 7 heteroatoms. The summed E-state index contributed by atoms with van der Waals surface area (Å²) in [5.41, 5.74) is 2.04. The van der Waals surface area contributed by atoms with Gasteiger partial charge in [-0.1, -0.05) is 0 Å². The second-order valence-electron chi connectivity index (χ2n) is 5.14. The van der Waals surface area contributed by atoms with Crippen molar-refractivity contribution in [2.75, 3.05) is 20.4 Å². The third-order valence-corrected chi connectivity index (χ3v) is 4.31. The molecule has 124 valence electrons. The highest BCUT2D eigenvalue weighted by molar-refractivity contribution is 9.10. The molecular formula is C17H17BrN4OS. The van der Waals surface area contributed by atoms with Crippen LogP contribution < -0.4 is 4.74 Å². The molecule has 0 radical (unpaired) electrons. The van der Waals surface area contributed by atoms with Crippen LogP contribution in [0.15, 0.2) is 45.0 Å². The van der Waals surface area contributed by atoms with Gasteiger partial charge < -0.3 is 9.64 Å². The van der Waals surface area contributed by atoms with Gasteiger partial charge in [0.15, 0.2) is 0 Å². The van der Waals surface area contributed by atoms with Gasteiger partial charge in [-0.05, 0) is 34.3 Å². The predicted molar refractivity (Wildman–Crippen MR) is 101 cm³/mol. The molecule has 0 spiro atoms. The van der Waals surface area contributed by atoms with E-state index in [0.717, 1.165) is 14.9 Å². The predicted octanol–water partition coefficient (Wildman–Crippen LogP) is 4.24. The highest BCUT2D eigenvalue weighted by Gasteiger charge is 2.09. The Bertz CT molecular complexity index is 787. The van der Waals surface area contributed by atoms with Crippen molar-refractivity contribution in [3.63, 3.8) is 0 Å². The Hall–Kier alpha value is -2.04. The largest absolute Gasteiger partial charge is 0.488 e. The van der Waals surface area contributed by atoms with Crippen LogP contribution in [-0.2, 0) is 6.61 Å². The number of nitriles is 1. The van der Waals surface area contributed by atoms with Crippen LogP contribution in [0.4, 0.5) is 5.69 Å². The number of halogens is 1. The Morgan fingerprint density at radius 1 is 1.38 bits per heavy atom. The number of hydrogen-bond acceptors (Lipinski definition) is 5. The van der Waals surface area contributed by atoms with Gasteiger partial charge in [-0.25, -0.2) is 4.99 Å². The molecule has 0 unspecified atom stereocenters. The van der Waals surface area contributed by atoms with E-state index >= 15 is 0 Å². The zero-order valence-electron chi connectivity index (χ0n) is 13.7. The van der Waals surface area contributed by atoms with Gasteiger partial charge in [0.05, 0.1) is 22.1 Å². The van der Waals surface area contributed by atoms with E-state index in [9.17, 15) is 5.26 Å². The zero-order valence-corrected chi connectivity index (χ0v) is 16.1. The summed E-state index contributed by atoms with van der Waals surface area (Å²) >= 11 is 5.08. The van der Waals surface area contributed by atoms with Crippen molar-refractivity contribution in [1.29, 1.82) is 5.26 Å². The molecule has 0 N–H and O–H groups in total. The van der Waals surface area contributed by atoms with Gasteiger partial charge in [0, 0.05) is 43.0 Å². The highest BCUT2D eigenvalue weighted by atomic mass is 79.9. The van der Waals surface area contributed by atoms with E-state index in [1.165, 1.54) is 0 Å². The first-order chi connectivity index (χ1) is 11.5. The highest BCUT2D eigenvalue weighted by Crippen LogP contribution is 2.33. The lowest BCUT2D eigenvalue weighted by Crippen LogP contribution is -2.07. The molecule has 0 amide bonds. The molecule has 2 aromatic rings. The second kappa shape index (κ2) is 8.71. The molecule has 0 saturated carbocycles. The van der Waals surface area contributed by atoms with Gasteiger partial charge in [-0.15, -0.1) is 11.8 Å². The molecule has 0 aliphatic rings. The summed E-state index contributed by atoms with van der Waals surface area (Å²) < 4.78 is 6.60. The average molecular weight is 405 g/mol. The topological polar surface area (TPSA) is 61.5 Å². The number of ether oxygens (including phenoxy) is 1. The number of rotatable bonds is 6. The smallest absolute Gasteiger partial charge is 0.136 e. The van der Waals surface area contributed by atoms with Gasteiger partial charge in [-0.3, -0.25) is 4.98 Å². The number of benzene rings is 1. The second-order valence-corrected chi connectivity index (χ2v) is 6.88. The Kier molecular flexibility index (Phi) is 6.64. The number of nitrogens with zero attached hydrogens (tertiary/aromatic N) is 4. The van der Waals surface area contributed by atoms with E-state index < -0.39 is 0 Å². The van der Waals surface area contributed by atoms with Gasteiger partial charge >= 0.3 is 0 Å². The quantitative estimate of drug-likeness (QED) is 0.409. The van der Waals surface area contributed by atoms with Crippen LogP contribution in [-0.4, -0.2) is 36.6 Å². The lowest BCUT2D eigenvalue weighted by molar-refractivity contribution is 0.303. The van der Waals surface area contributed by atoms with Gasteiger partial charge in [0.2, 0.25) is 0 Å². The molecule has 0 aliphatic heterocycles. The molecule has 0 saturated heterocycles. The number of hydrogen-bond donors (Lipinski definition) is 0. The normalized spacial score (nSPS) is 10.6. The van der Waals surface area contributed by atoms with Crippen LogP contribution in [0.1, 0.15) is 11.1 Å². The van der Waals surface area contributed by atoms with Crippen LogP contribution in [0.25, 0.3) is 0 Å². The summed E-state index contributed by atoms with van der Waals surface area (Å²) in [6, 6.07) is 7.66. The van der Waals surface area contributed by atoms with Crippen molar-refractivity contribution in [1.82, 2.24) is 9.88 Å². The summed E-state index contributed by atoms with van der Waals surface area (Å²) in [6.07, 6.45) is 7.26. The molecule has 1 aromatic carbocycles. The van der Waals surface area contributed by atoms with E-state index in [4.69, 9.17) is 4.74 Å². The van der Waals surface area contributed by atoms with E-state index in [1.807, 2.05) is 37.5 Å². The Morgan fingerprint density at radius 2 is 2.17 bits per heavy atom. The molecule has 5 nitrogen and oxygen atoms in total. The number of aliphatic imine (C=N–C) groups is 1. The fraction of sp³-hybridized carbons (Fsp3) is 0.235. The van der Waals surface area contributed by atoms with Crippen molar-refractivity contribution >= 4 is 39.7 Å². The zero-order chi connectivity index (χ0) is 17.5. The Labute approximate surface area is 154 Å². The minimum atomic E-state index is 0.392. The van der Waals surface area contributed by atoms with E-state index in [2.05, 4.69) is 32.0 Å². The first kappa shape index (κ1) is 18.3.